The summed E-state index contributed by atoms with van der Waals surface area (Å²) in [7, 11) is 0. The highest BCUT2D eigenvalue weighted by atomic mass is 32.1. The van der Waals surface area contributed by atoms with E-state index in [9.17, 15) is 4.79 Å². The van der Waals surface area contributed by atoms with Gasteiger partial charge in [-0.2, -0.15) is 11.3 Å². The molecule has 0 aliphatic carbocycles. The number of hydrogen-bond acceptors (Lipinski definition) is 3. The standard InChI is InChI=1S/C19H22N4OS/c24-19(23-11-3-7-17(23)15-8-12-25-13-15)20-9-4-10-22-14-21-16-5-1-2-6-18(16)22/h1-2,5-6,8,12-14,17H,3-4,7,9-11H2,(H,20,24)/t17-/m0/s1. The fraction of sp³-hybridized carbons (Fsp3) is 0.368. The normalized spacial score (nSPS) is 17.3. The summed E-state index contributed by atoms with van der Waals surface area (Å²) >= 11 is 1.69. The average molecular weight is 354 g/mol. The van der Waals surface area contributed by atoms with Crippen LogP contribution in [-0.2, 0) is 6.54 Å². The van der Waals surface area contributed by atoms with Crippen molar-refractivity contribution in [2.45, 2.75) is 31.8 Å². The van der Waals surface area contributed by atoms with Gasteiger partial charge in [0.1, 0.15) is 0 Å². The van der Waals surface area contributed by atoms with Crippen LogP contribution in [0, 0.1) is 0 Å². The van der Waals surface area contributed by atoms with E-state index in [4.69, 9.17) is 0 Å². The number of benzene rings is 1. The van der Waals surface area contributed by atoms with Crippen LogP contribution in [0.2, 0.25) is 0 Å². The zero-order valence-corrected chi connectivity index (χ0v) is 14.9. The predicted molar refractivity (Wildman–Crippen MR) is 101 cm³/mol. The fourth-order valence-corrected chi connectivity index (χ4v) is 4.26. The van der Waals surface area contributed by atoms with Crippen molar-refractivity contribution >= 4 is 28.4 Å². The highest BCUT2D eigenvalue weighted by molar-refractivity contribution is 7.08. The van der Waals surface area contributed by atoms with E-state index in [1.807, 2.05) is 29.4 Å². The third-order valence-corrected chi connectivity index (χ3v) is 5.52. The number of carbonyl (C=O) groups excluding carboxylic acids is 1. The Bertz CT molecular complexity index is 842. The maximum atomic E-state index is 12.5. The first-order chi connectivity index (χ1) is 12.3. The van der Waals surface area contributed by atoms with Crippen molar-refractivity contribution in [1.29, 1.82) is 0 Å². The van der Waals surface area contributed by atoms with E-state index in [0.717, 1.165) is 43.4 Å². The van der Waals surface area contributed by atoms with E-state index < -0.39 is 0 Å². The van der Waals surface area contributed by atoms with Gasteiger partial charge >= 0.3 is 6.03 Å². The van der Waals surface area contributed by atoms with E-state index in [0.29, 0.717) is 6.54 Å². The van der Waals surface area contributed by atoms with Gasteiger partial charge in [0.05, 0.1) is 23.4 Å². The van der Waals surface area contributed by atoms with Crippen molar-refractivity contribution in [1.82, 2.24) is 19.8 Å². The summed E-state index contributed by atoms with van der Waals surface area (Å²) in [6.45, 7) is 2.38. The minimum absolute atomic E-state index is 0.0594. The van der Waals surface area contributed by atoms with Crippen molar-refractivity contribution in [3.8, 4) is 0 Å². The van der Waals surface area contributed by atoms with Gasteiger partial charge in [0.15, 0.2) is 0 Å². The van der Waals surface area contributed by atoms with Crippen molar-refractivity contribution in [3.63, 3.8) is 0 Å². The molecule has 1 aliphatic heterocycles. The molecule has 1 N–H and O–H groups in total. The Morgan fingerprint density at radius 3 is 3.12 bits per heavy atom. The van der Waals surface area contributed by atoms with Gasteiger partial charge in [-0.1, -0.05) is 12.1 Å². The van der Waals surface area contributed by atoms with Crippen molar-refractivity contribution in [3.05, 3.63) is 53.0 Å². The van der Waals surface area contributed by atoms with Crippen molar-refractivity contribution < 1.29 is 4.79 Å². The second-order valence-electron chi connectivity index (χ2n) is 6.42. The number of likely N-dealkylation sites (tertiary alicyclic amines) is 1. The predicted octanol–water partition coefficient (Wildman–Crippen LogP) is 4.03. The highest BCUT2D eigenvalue weighted by Crippen LogP contribution is 2.32. The molecule has 0 spiro atoms. The Balaban J connectivity index is 1.29. The van der Waals surface area contributed by atoms with E-state index >= 15 is 0 Å². The number of carbonyl (C=O) groups is 1. The van der Waals surface area contributed by atoms with Gasteiger partial charge in [-0.3, -0.25) is 0 Å². The van der Waals surface area contributed by atoms with Crippen LogP contribution in [0.5, 0.6) is 0 Å². The molecule has 2 aromatic heterocycles. The zero-order chi connectivity index (χ0) is 17.1. The van der Waals surface area contributed by atoms with Crippen LogP contribution in [0.1, 0.15) is 30.9 Å². The molecule has 3 aromatic rings. The molecule has 130 valence electrons. The number of aromatic nitrogens is 2. The molecule has 1 fully saturated rings. The number of thiophene rings is 1. The molecule has 1 aromatic carbocycles. The smallest absolute Gasteiger partial charge is 0.317 e. The molecule has 1 saturated heterocycles. The Morgan fingerprint density at radius 2 is 2.24 bits per heavy atom. The van der Waals surface area contributed by atoms with Crippen LogP contribution >= 0.6 is 11.3 Å². The quantitative estimate of drug-likeness (QED) is 0.703. The van der Waals surface area contributed by atoms with Crippen LogP contribution in [0.25, 0.3) is 11.0 Å². The summed E-state index contributed by atoms with van der Waals surface area (Å²) in [5.74, 6) is 0. The number of fused-ring (bicyclic) bond motifs is 1. The minimum atomic E-state index is 0.0594. The Hall–Kier alpha value is -2.34. The topological polar surface area (TPSA) is 50.2 Å². The minimum Gasteiger partial charge on any atom is -0.338 e. The number of rotatable bonds is 5. The third-order valence-electron chi connectivity index (χ3n) is 4.82. The Morgan fingerprint density at radius 1 is 1.32 bits per heavy atom. The third kappa shape index (κ3) is 3.39. The molecular formula is C19H22N4OS. The van der Waals surface area contributed by atoms with E-state index in [2.05, 4.69) is 37.8 Å². The maximum absolute atomic E-state index is 12.5. The molecule has 3 heterocycles. The van der Waals surface area contributed by atoms with Crippen LogP contribution in [0.3, 0.4) is 0 Å². The summed E-state index contributed by atoms with van der Waals surface area (Å²) in [5.41, 5.74) is 3.43. The Labute approximate surface area is 151 Å². The summed E-state index contributed by atoms with van der Waals surface area (Å²) in [5, 5.41) is 7.32. The molecule has 4 rings (SSSR count). The van der Waals surface area contributed by atoms with Crippen LogP contribution in [0.4, 0.5) is 4.79 Å². The van der Waals surface area contributed by atoms with Crippen LogP contribution < -0.4 is 5.32 Å². The summed E-state index contributed by atoms with van der Waals surface area (Å²) < 4.78 is 2.14. The van der Waals surface area contributed by atoms with Gasteiger partial charge in [0, 0.05) is 19.6 Å². The monoisotopic (exact) mass is 354 g/mol. The van der Waals surface area contributed by atoms with Gasteiger partial charge in [0.25, 0.3) is 0 Å². The second kappa shape index (κ2) is 7.27. The highest BCUT2D eigenvalue weighted by Gasteiger charge is 2.29. The molecule has 2 amide bonds. The number of imidazole rings is 1. The van der Waals surface area contributed by atoms with Gasteiger partial charge in [-0.15, -0.1) is 0 Å². The number of nitrogens with zero attached hydrogens (tertiary/aromatic N) is 3. The number of hydrogen-bond donors (Lipinski definition) is 1. The summed E-state index contributed by atoms with van der Waals surface area (Å²) in [6.07, 6.45) is 4.91. The second-order valence-corrected chi connectivity index (χ2v) is 7.20. The molecular weight excluding hydrogens is 332 g/mol. The SMILES string of the molecule is O=C(NCCCn1cnc2ccccc21)N1CCC[C@H]1c1ccsc1. The molecule has 6 heteroatoms. The van der Waals surface area contributed by atoms with Crippen LogP contribution in [-0.4, -0.2) is 33.6 Å². The lowest BCUT2D eigenvalue weighted by Crippen LogP contribution is -2.40. The van der Waals surface area contributed by atoms with E-state index in [-0.39, 0.29) is 12.1 Å². The lowest BCUT2D eigenvalue weighted by molar-refractivity contribution is 0.193. The molecule has 0 bridgehead atoms. The molecule has 25 heavy (non-hydrogen) atoms. The lowest BCUT2D eigenvalue weighted by atomic mass is 10.1. The van der Waals surface area contributed by atoms with E-state index in [1.165, 1.54) is 5.56 Å². The van der Waals surface area contributed by atoms with Crippen molar-refractivity contribution in [2.24, 2.45) is 0 Å². The van der Waals surface area contributed by atoms with Gasteiger partial charge < -0.3 is 14.8 Å². The number of nitrogens with one attached hydrogen (secondary N) is 1. The molecule has 1 atom stereocenters. The first-order valence-electron chi connectivity index (χ1n) is 8.79. The summed E-state index contributed by atoms with van der Waals surface area (Å²) in [4.78, 5) is 18.9. The molecule has 0 unspecified atom stereocenters. The molecule has 1 aliphatic rings. The Kier molecular flexibility index (Phi) is 4.70. The number of urea groups is 1. The molecule has 0 radical (unpaired) electrons. The number of amides is 2. The average Bonchev–Trinajstić information content (AvgIpc) is 3.38. The molecule has 5 nitrogen and oxygen atoms in total. The first-order valence-corrected chi connectivity index (χ1v) is 9.73. The van der Waals surface area contributed by atoms with Gasteiger partial charge in [-0.05, 0) is 53.8 Å². The van der Waals surface area contributed by atoms with Crippen molar-refractivity contribution in [2.75, 3.05) is 13.1 Å². The largest absolute Gasteiger partial charge is 0.338 e. The van der Waals surface area contributed by atoms with Gasteiger partial charge in [0.2, 0.25) is 0 Å². The first kappa shape index (κ1) is 16.1. The summed E-state index contributed by atoms with van der Waals surface area (Å²) in [6, 6.07) is 10.6. The zero-order valence-electron chi connectivity index (χ0n) is 14.1. The van der Waals surface area contributed by atoms with Gasteiger partial charge in [-0.25, -0.2) is 9.78 Å². The number of para-hydroxylation sites is 2. The van der Waals surface area contributed by atoms with E-state index in [1.54, 1.807) is 11.3 Å². The fourth-order valence-electron chi connectivity index (χ4n) is 3.56. The lowest BCUT2D eigenvalue weighted by Gasteiger charge is -2.24. The molecule has 0 saturated carbocycles. The number of aryl methyl sites for hydroxylation is 1. The van der Waals surface area contributed by atoms with Crippen LogP contribution in [0.15, 0.2) is 47.4 Å². The maximum Gasteiger partial charge on any atom is 0.317 e.